The number of nitrogens with one attached hydrogen (secondary N) is 1. The molecule has 1 aliphatic heterocycles. The van der Waals surface area contributed by atoms with Crippen molar-refractivity contribution in [3.63, 3.8) is 0 Å². The second-order valence-electron chi connectivity index (χ2n) is 5.92. The van der Waals surface area contributed by atoms with Gasteiger partial charge in [0.15, 0.2) is 0 Å². The number of carbonyl (C=O) groups excluding carboxylic acids is 1. The van der Waals surface area contributed by atoms with Crippen molar-refractivity contribution in [3.8, 4) is 0 Å². The van der Waals surface area contributed by atoms with Gasteiger partial charge in [-0.05, 0) is 37.5 Å². The molecule has 1 fully saturated rings. The molecule has 110 valence electrons. The summed E-state index contributed by atoms with van der Waals surface area (Å²) in [5.41, 5.74) is 1.22. The lowest BCUT2D eigenvalue weighted by molar-refractivity contribution is -0.133. The van der Waals surface area contributed by atoms with E-state index in [2.05, 4.69) is 54.2 Å². The largest absolute Gasteiger partial charge is 0.340 e. The number of rotatable bonds is 3. The molecule has 3 nitrogen and oxygen atoms in total. The molecule has 3 unspecified atom stereocenters. The van der Waals surface area contributed by atoms with Gasteiger partial charge in [0.2, 0.25) is 5.91 Å². The Bertz CT molecular complexity index is 450. The van der Waals surface area contributed by atoms with Crippen LogP contribution in [-0.4, -0.2) is 36.0 Å². The predicted molar refractivity (Wildman–Crippen MR) is 85.8 cm³/mol. The van der Waals surface area contributed by atoms with Gasteiger partial charge in [-0.1, -0.05) is 35.0 Å². The molecule has 0 radical (unpaired) electrons. The van der Waals surface area contributed by atoms with E-state index in [-0.39, 0.29) is 11.8 Å². The van der Waals surface area contributed by atoms with Gasteiger partial charge >= 0.3 is 0 Å². The van der Waals surface area contributed by atoms with Crippen LogP contribution >= 0.6 is 15.9 Å². The number of halogens is 1. The van der Waals surface area contributed by atoms with E-state index in [0.29, 0.717) is 18.5 Å². The Labute approximate surface area is 129 Å². The van der Waals surface area contributed by atoms with Crippen molar-refractivity contribution in [1.82, 2.24) is 10.2 Å². The van der Waals surface area contributed by atoms with Crippen LogP contribution in [0.4, 0.5) is 0 Å². The van der Waals surface area contributed by atoms with Crippen molar-refractivity contribution in [2.75, 3.05) is 13.1 Å². The standard InChI is InChI=1S/C16H23BrN2O/c1-11(14-4-6-15(17)7-5-14)8-16(20)19-9-12(2)18-13(3)10-19/h4-7,11-13,18H,8-10H2,1-3H3. The van der Waals surface area contributed by atoms with E-state index < -0.39 is 0 Å². The minimum absolute atomic E-state index is 0.260. The summed E-state index contributed by atoms with van der Waals surface area (Å²) in [6.45, 7) is 8.02. The topological polar surface area (TPSA) is 32.3 Å². The molecule has 20 heavy (non-hydrogen) atoms. The van der Waals surface area contributed by atoms with E-state index in [0.717, 1.165) is 17.6 Å². The zero-order valence-electron chi connectivity index (χ0n) is 12.4. The van der Waals surface area contributed by atoms with Gasteiger partial charge in [-0.3, -0.25) is 4.79 Å². The quantitative estimate of drug-likeness (QED) is 0.918. The molecule has 3 atom stereocenters. The highest BCUT2D eigenvalue weighted by molar-refractivity contribution is 9.10. The maximum atomic E-state index is 12.4. The Balaban J connectivity index is 1.95. The summed E-state index contributed by atoms with van der Waals surface area (Å²) in [4.78, 5) is 14.4. The molecule has 1 heterocycles. The van der Waals surface area contributed by atoms with Crippen molar-refractivity contribution in [2.24, 2.45) is 0 Å². The number of amides is 1. The first-order valence-corrected chi connectivity index (χ1v) is 8.04. The van der Waals surface area contributed by atoms with Crippen LogP contribution in [0.25, 0.3) is 0 Å². The summed E-state index contributed by atoms with van der Waals surface area (Å²) in [5.74, 6) is 0.525. The number of carbonyl (C=O) groups is 1. The monoisotopic (exact) mass is 338 g/mol. The first-order valence-electron chi connectivity index (χ1n) is 7.25. The fourth-order valence-corrected chi connectivity index (χ4v) is 3.09. The van der Waals surface area contributed by atoms with Crippen LogP contribution in [-0.2, 0) is 4.79 Å². The Hall–Kier alpha value is -0.870. The van der Waals surface area contributed by atoms with E-state index in [1.807, 2.05) is 17.0 Å². The molecule has 0 aromatic heterocycles. The molecular weight excluding hydrogens is 316 g/mol. The molecule has 1 amide bonds. The molecule has 0 spiro atoms. The Morgan fingerprint density at radius 3 is 2.40 bits per heavy atom. The third kappa shape index (κ3) is 4.06. The SMILES string of the molecule is CC1CN(C(=O)CC(C)c2ccc(Br)cc2)CC(C)N1. The third-order valence-electron chi connectivity index (χ3n) is 3.83. The van der Waals surface area contributed by atoms with Gasteiger partial charge in [0.05, 0.1) is 0 Å². The molecule has 0 saturated carbocycles. The van der Waals surface area contributed by atoms with Gasteiger partial charge in [-0.25, -0.2) is 0 Å². The zero-order chi connectivity index (χ0) is 14.7. The second kappa shape index (κ2) is 6.72. The van der Waals surface area contributed by atoms with E-state index in [1.54, 1.807) is 0 Å². The van der Waals surface area contributed by atoms with Crippen molar-refractivity contribution < 1.29 is 4.79 Å². The molecule has 0 aliphatic carbocycles. The lowest BCUT2D eigenvalue weighted by Crippen LogP contribution is -2.55. The fraction of sp³-hybridized carbons (Fsp3) is 0.562. The van der Waals surface area contributed by atoms with E-state index in [4.69, 9.17) is 0 Å². The summed E-state index contributed by atoms with van der Waals surface area (Å²) in [7, 11) is 0. The highest BCUT2D eigenvalue weighted by atomic mass is 79.9. The van der Waals surface area contributed by atoms with Crippen molar-refractivity contribution >= 4 is 21.8 Å². The summed E-state index contributed by atoms with van der Waals surface area (Å²) >= 11 is 3.44. The van der Waals surface area contributed by atoms with Crippen LogP contribution in [0.1, 0.15) is 38.7 Å². The highest BCUT2D eigenvalue weighted by Crippen LogP contribution is 2.22. The van der Waals surface area contributed by atoms with Crippen LogP contribution in [0.15, 0.2) is 28.7 Å². The zero-order valence-corrected chi connectivity index (χ0v) is 14.0. The Morgan fingerprint density at radius 2 is 1.85 bits per heavy atom. The summed E-state index contributed by atoms with van der Waals surface area (Å²) in [6, 6.07) is 9.00. The summed E-state index contributed by atoms with van der Waals surface area (Å²) in [6.07, 6.45) is 0.584. The summed E-state index contributed by atoms with van der Waals surface area (Å²) < 4.78 is 1.07. The molecule has 1 aliphatic rings. The molecule has 1 aromatic rings. The molecule has 1 N–H and O–H groups in total. The van der Waals surface area contributed by atoms with Crippen LogP contribution < -0.4 is 5.32 Å². The normalized spacial score (nSPS) is 24.5. The van der Waals surface area contributed by atoms with E-state index in [9.17, 15) is 4.79 Å². The number of benzene rings is 1. The first kappa shape index (κ1) is 15.5. The van der Waals surface area contributed by atoms with Gasteiger partial charge in [-0.15, -0.1) is 0 Å². The second-order valence-corrected chi connectivity index (χ2v) is 6.84. The minimum Gasteiger partial charge on any atom is -0.340 e. The third-order valence-corrected chi connectivity index (χ3v) is 4.36. The van der Waals surface area contributed by atoms with Crippen molar-refractivity contribution in [3.05, 3.63) is 34.3 Å². The molecule has 2 rings (SSSR count). The molecule has 1 saturated heterocycles. The predicted octanol–water partition coefficient (Wildman–Crippen LogP) is 3.15. The number of nitrogens with zero attached hydrogens (tertiary/aromatic N) is 1. The van der Waals surface area contributed by atoms with Gasteiger partial charge in [0, 0.05) is 36.1 Å². The van der Waals surface area contributed by atoms with Crippen LogP contribution in [0, 0.1) is 0 Å². The maximum Gasteiger partial charge on any atom is 0.223 e. The van der Waals surface area contributed by atoms with Gasteiger partial charge < -0.3 is 10.2 Å². The molecule has 1 aromatic carbocycles. The summed E-state index contributed by atoms with van der Waals surface area (Å²) in [5, 5.41) is 3.46. The minimum atomic E-state index is 0.260. The van der Waals surface area contributed by atoms with Crippen molar-refractivity contribution in [1.29, 1.82) is 0 Å². The van der Waals surface area contributed by atoms with Crippen molar-refractivity contribution in [2.45, 2.75) is 45.2 Å². The average Bonchev–Trinajstić information content (AvgIpc) is 2.38. The van der Waals surface area contributed by atoms with Gasteiger partial charge in [0.25, 0.3) is 0 Å². The number of hydrogen-bond acceptors (Lipinski definition) is 2. The van der Waals surface area contributed by atoms with E-state index >= 15 is 0 Å². The average molecular weight is 339 g/mol. The first-order chi connectivity index (χ1) is 9.45. The maximum absolute atomic E-state index is 12.4. The van der Waals surface area contributed by atoms with Crippen LogP contribution in [0.5, 0.6) is 0 Å². The van der Waals surface area contributed by atoms with Crippen LogP contribution in [0.2, 0.25) is 0 Å². The van der Waals surface area contributed by atoms with Crippen LogP contribution in [0.3, 0.4) is 0 Å². The van der Waals surface area contributed by atoms with Gasteiger partial charge in [0.1, 0.15) is 0 Å². The lowest BCUT2D eigenvalue weighted by atomic mass is 9.97. The van der Waals surface area contributed by atoms with Gasteiger partial charge in [-0.2, -0.15) is 0 Å². The molecule has 0 bridgehead atoms. The van der Waals surface area contributed by atoms with E-state index in [1.165, 1.54) is 5.56 Å². The number of hydrogen-bond donors (Lipinski definition) is 1. The molecule has 4 heteroatoms. The Kier molecular flexibility index (Phi) is 5.22. The Morgan fingerprint density at radius 1 is 1.30 bits per heavy atom. The lowest BCUT2D eigenvalue weighted by Gasteiger charge is -2.36. The number of piperazine rings is 1. The smallest absolute Gasteiger partial charge is 0.223 e. The highest BCUT2D eigenvalue weighted by Gasteiger charge is 2.25. The fourth-order valence-electron chi connectivity index (χ4n) is 2.83. The molecular formula is C16H23BrN2O.